The zero-order chi connectivity index (χ0) is 25.7. The van der Waals surface area contributed by atoms with Crippen molar-refractivity contribution in [1.29, 1.82) is 0 Å². The Bertz CT molecular complexity index is 1080. The Kier molecular flexibility index (Phi) is 8.31. The van der Waals surface area contributed by atoms with Gasteiger partial charge in [0.2, 0.25) is 0 Å². The van der Waals surface area contributed by atoms with Gasteiger partial charge in [-0.3, -0.25) is 14.6 Å². The number of pyridine rings is 1. The smallest absolute Gasteiger partial charge is 0.268 e. The molecule has 8 heteroatoms. The molecule has 1 aromatic carbocycles. The fourth-order valence-corrected chi connectivity index (χ4v) is 2.90. The number of methoxy groups -OCH3 is 1. The molecule has 1 heterocycles. The van der Waals surface area contributed by atoms with E-state index < -0.39 is 0 Å². The molecule has 0 spiro atoms. The van der Waals surface area contributed by atoms with Crippen LogP contribution in [0.4, 0.5) is 11.4 Å². The van der Waals surface area contributed by atoms with Gasteiger partial charge in [-0.1, -0.05) is 47.6 Å². The average Bonchev–Trinajstić information content (AvgIpc) is 2.75. The molecule has 184 valence electrons. The van der Waals surface area contributed by atoms with E-state index >= 15 is 0 Å². The van der Waals surface area contributed by atoms with Crippen LogP contribution in [0.1, 0.15) is 63.2 Å². The van der Waals surface area contributed by atoms with Crippen molar-refractivity contribution in [1.82, 2.24) is 10.3 Å². The number of aromatic nitrogens is 1. The molecule has 1 aromatic heterocycles. The lowest BCUT2D eigenvalue weighted by atomic mass is 9.91. The number of anilines is 2. The third kappa shape index (κ3) is 7.50. The summed E-state index contributed by atoms with van der Waals surface area (Å²) in [6.45, 7) is 14.6. The molecule has 2 rings (SSSR count). The van der Waals surface area contributed by atoms with E-state index in [1.807, 2.05) is 60.6 Å². The summed E-state index contributed by atoms with van der Waals surface area (Å²) < 4.78 is 5.37. The standard InChI is InChI=1S/C26H37N5O3/c1-16-9-10-17(11-19(16)28-13-18(27)24(33)30-15-25(2,3)4)23(32)31-20-12-22(26(5,6)7)29-14-21(20)34-8/h9-14,28H,15,27H2,1-8H3,(H,30,33)(H,29,31,32)/b18-13-. The fourth-order valence-electron chi connectivity index (χ4n) is 2.90. The number of carbonyl (C=O) groups is 2. The predicted molar refractivity (Wildman–Crippen MR) is 137 cm³/mol. The second-order valence-corrected chi connectivity index (χ2v) is 10.5. The van der Waals surface area contributed by atoms with E-state index in [2.05, 4.69) is 20.9 Å². The maximum absolute atomic E-state index is 13.0. The number of carbonyl (C=O) groups excluding carboxylic acids is 2. The highest BCUT2D eigenvalue weighted by atomic mass is 16.5. The molecular formula is C26H37N5O3. The molecule has 8 nitrogen and oxygen atoms in total. The van der Waals surface area contributed by atoms with Gasteiger partial charge in [0.05, 0.1) is 19.0 Å². The second kappa shape index (κ2) is 10.6. The van der Waals surface area contributed by atoms with E-state index in [-0.39, 0.29) is 28.3 Å². The van der Waals surface area contributed by atoms with Crippen molar-refractivity contribution in [3.8, 4) is 5.75 Å². The fraction of sp³-hybridized carbons (Fsp3) is 0.423. The van der Waals surface area contributed by atoms with Crippen LogP contribution in [-0.4, -0.2) is 30.5 Å². The quantitative estimate of drug-likeness (QED) is 0.450. The number of hydrogen-bond acceptors (Lipinski definition) is 6. The van der Waals surface area contributed by atoms with Gasteiger partial charge >= 0.3 is 0 Å². The van der Waals surface area contributed by atoms with E-state index in [1.165, 1.54) is 13.3 Å². The van der Waals surface area contributed by atoms with Gasteiger partial charge in [0.15, 0.2) is 5.75 Å². The Morgan fingerprint density at radius 2 is 1.76 bits per heavy atom. The van der Waals surface area contributed by atoms with Crippen LogP contribution in [0.2, 0.25) is 0 Å². The number of aryl methyl sites for hydroxylation is 1. The maximum atomic E-state index is 13.0. The molecule has 0 saturated heterocycles. The highest BCUT2D eigenvalue weighted by Crippen LogP contribution is 2.30. The molecule has 0 radical (unpaired) electrons. The van der Waals surface area contributed by atoms with Gasteiger partial charge in [-0.25, -0.2) is 0 Å². The van der Waals surface area contributed by atoms with Crippen molar-refractivity contribution < 1.29 is 14.3 Å². The normalized spacial score (nSPS) is 12.2. The van der Waals surface area contributed by atoms with Gasteiger partial charge in [0, 0.05) is 35.1 Å². The lowest BCUT2D eigenvalue weighted by molar-refractivity contribution is -0.117. The van der Waals surface area contributed by atoms with Crippen LogP contribution in [0.15, 0.2) is 42.4 Å². The Balaban J connectivity index is 2.20. The van der Waals surface area contributed by atoms with Gasteiger partial charge in [0.1, 0.15) is 5.70 Å². The van der Waals surface area contributed by atoms with Gasteiger partial charge in [-0.2, -0.15) is 0 Å². The topological polar surface area (TPSA) is 118 Å². The minimum atomic E-state index is -0.353. The van der Waals surface area contributed by atoms with Crippen LogP contribution in [0.25, 0.3) is 0 Å². The van der Waals surface area contributed by atoms with E-state index in [9.17, 15) is 9.59 Å². The number of rotatable bonds is 7. The highest BCUT2D eigenvalue weighted by molar-refractivity contribution is 6.05. The molecule has 0 aliphatic heterocycles. The van der Waals surface area contributed by atoms with Crippen molar-refractivity contribution in [3.63, 3.8) is 0 Å². The van der Waals surface area contributed by atoms with E-state index in [1.54, 1.807) is 18.3 Å². The first-order valence-corrected chi connectivity index (χ1v) is 11.2. The summed E-state index contributed by atoms with van der Waals surface area (Å²) in [6, 6.07) is 7.09. The monoisotopic (exact) mass is 467 g/mol. The molecule has 5 N–H and O–H groups in total. The van der Waals surface area contributed by atoms with Crippen molar-refractivity contribution in [3.05, 3.63) is 59.2 Å². The zero-order valence-electron chi connectivity index (χ0n) is 21.4. The summed E-state index contributed by atoms with van der Waals surface area (Å²) in [5.41, 5.74) is 9.11. The summed E-state index contributed by atoms with van der Waals surface area (Å²) in [5.74, 6) is -0.176. The molecule has 2 aromatic rings. The first kappa shape index (κ1) is 26.7. The van der Waals surface area contributed by atoms with Crippen LogP contribution in [0.3, 0.4) is 0 Å². The van der Waals surface area contributed by atoms with Crippen molar-refractivity contribution in [2.45, 2.75) is 53.9 Å². The largest absolute Gasteiger partial charge is 0.493 e. The summed E-state index contributed by atoms with van der Waals surface area (Å²) in [7, 11) is 1.53. The molecule has 0 aliphatic carbocycles. The SMILES string of the molecule is COc1cnc(C(C)(C)C)cc1NC(=O)c1ccc(C)c(N/C=C(\N)C(=O)NCC(C)(C)C)c1. The molecular weight excluding hydrogens is 430 g/mol. The van der Waals surface area contributed by atoms with Gasteiger partial charge < -0.3 is 26.4 Å². The summed E-state index contributed by atoms with van der Waals surface area (Å²) in [6.07, 6.45) is 3.04. The zero-order valence-corrected chi connectivity index (χ0v) is 21.4. The van der Waals surface area contributed by atoms with Crippen LogP contribution < -0.4 is 26.4 Å². The maximum Gasteiger partial charge on any atom is 0.268 e. The second-order valence-electron chi connectivity index (χ2n) is 10.5. The molecule has 0 aliphatic rings. The molecule has 0 bridgehead atoms. The van der Waals surface area contributed by atoms with Gasteiger partial charge in [-0.15, -0.1) is 0 Å². The lowest BCUT2D eigenvalue weighted by Gasteiger charge is -2.20. The van der Waals surface area contributed by atoms with Crippen LogP contribution >= 0.6 is 0 Å². The third-order valence-electron chi connectivity index (χ3n) is 5.03. The minimum absolute atomic E-state index is 0.0488. The molecule has 0 saturated carbocycles. The van der Waals surface area contributed by atoms with Crippen LogP contribution in [0, 0.1) is 12.3 Å². The molecule has 0 atom stereocenters. The Hall–Kier alpha value is -3.55. The van der Waals surface area contributed by atoms with Crippen LogP contribution in [-0.2, 0) is 10.2 Å². The Morgan fingerprint density at radius 1 is 1.09 bits per heavy atom. The van der Waals surface area contributed by atoms with Crippen molar-refractivity contribution in [2.24, 2.45) is 11.1 Å². The molecule has 34 heavy (non-hydrogen) atoms. The number of nitrogens with two attached hydrogens (primary N) is 1. The summed E-state index contributed by atoms with van der Waals surface area (Å²) >= 11 is 0. The number of hydrogen-bond donors (Lipinski definition) is 4. The lowest BCUT2D eigenvalue weighted by Crippen LogP contribution is -2.35. The van der Waals surface area contributed by atoms with Gasteiger partial charge in [0.25, 0.3) is 11.8 Å². The molecule has 2 amide bonds. The van der Waals surface area contributed by atoms with E-state index in [0.717, 1.165) is 11.3 Å². The first-order chi connectivity index (χ1) is 15.7. The molecule has 0 fully saturated rings. The molecule has 0 unspecified atom stereocenters. The summed E-state index contributed by atoms with van der Waals surface area (Å²) in [4.78, 5) is 29.7. The predicted octanol–water partition coefficient (Wildman–Crippen LogP) is 4.32. The van der Waals surface area contributed by atoms with Gasteiger partial charge in [-0.05, 0) is 36.1 Å². The van der Waals surface area contributed by atoms with Crippen molar-refractivity contribution >= 4 is 23.2 Å². The Morgan fingerprint density at radius 3 is 2.35 bits per heavy atom. The van der Waals surface area contributed by atoms with Crippen molar-refractivity contribution in [2.75, 3.05) is 24.3 Å². The Labute approximate surface area is 202 Å². The first-order valence-electron chi connectivity index (χ1n) is 11.2. The van der Waals surface area contributed by atoms with E-state index in [0.29, 0.717) is 29.2 Å². The van der Waals surface area contributed by atoms with Crippen LogP contribution in [0.5, 0.6) is 5.75 Å². The summed E-state index contributed by atoms with van der Waals surface area (Å²) in [5, 5.41) is 8.76. The van der Waals surface area contributed by atoms with E-state index in [4.69, 9.17) is 10.5 Å². The highest BCUT2D eigenvalue weighted by Gasteiger charge is 2.19. The number of nitrogens with one attached hydrogen (secondary N) is 3. The minimum Gasteiger partial charge on any atom is -0.493 e. The number of benzene rings is 1. The number of nitrogens with zero attached hydrogens (tertiary/aromatic N) is 1. The third-order valence-corrected chi connectivity index (χ3v) is 5.03. The average molecular weight is 468 g/mol. The number of amides is 2. The number of ether oxygens (including phenoxy) is 1.